The van der Waals surface area contributed by atoms with Gasteiger partial charge in [-0.25, -0.2) is 13.8 Å². The van der Waals surface area contributed by atoms with Crippen molar-refractivity contribution in [3.8, 4) is 0 Å². The molecule has 0 aliphatic carbocycles. The molecule has 0 fully saturated rings. The van der Waals surface area contributed by atoms with Crippen molar-refractivity contribution in [2.45, 2.75) is 13.0 Å². The molecule has 0 saturated carbocycles. The van der Waals surface area contributed by atoms with Crippen LogP contribution < -0.4 is 11.5 Å². The Morgan fingerprint density at radius 2 is 2.15 bits per heavy atom. The van der Waals surface area contributed by atoms with Gasteiger partial charge in [0.25, 0.3) is 6.43 Å². The van der Waals surface area contributed by atoms with E-state index < -0.39 is 6.43 Å². The van der Waals surface area contributed by atoms with E-state index in [4.69, 9.17) is 11.5 Å². The molecule has 1 aromatic rings. The molecular formula is C7H8F2IN3. The Bertz CT molecular complexity index is 317. The van der Waals surface area contributed by atoms with Crippen molar-refractivity contribution in [2.75, 3.05) is 5.73 Å². The summed E-state index contributed by atoms with van der Waals surface area (Å²) in [5.74, 6) is 0. The van der Waals surface area contributed by atoms with Gasteiger partial charge in [-0.3, -0.25) is 0 Å². The van der Waals surface area contributed by atoms with Gasteiger partial charge in [-0.2, -0.15) is 0 Å². The van der Waals surface area contributed by atoms with E-state index in [2.05, 4.69) is 4.98 Å². The minimum absolute atomic E-state index is 0.0216. The third kappa shape index (κ3) is 2.05. The molecule has 0 bridgehead atoms. The SMILES string of the molecule is NCc1cnc(I)c(N)c1C(F)F. The molecule has 0 aliphatic heterocycles. The van der Waals surface area contributed by atoms with Crippen LogP contribution in [0.25, 0.3) is 0 Å². The number of halogens is 3. The molecule has 1 rings (SSSR count). The molecule has 0 amide bonds. The lowest BCUT2D eigenvalue weighted by atomic mass is 10.1. The molecule has 0 saturated heterocycles. The summed E-state index contributed by atoms with van der Waals surface area (Å²) < 4.78 is 25.4. The number of anilines is 1. The Morgan fingerprint density at radius 3 is 2.62 bits per heavy atom. The van der Waals surface area contributed by atoms with Crippen LogP contribution in [0.5, 0.6) is 0 Å². The van der Waals surface area contributed by atoms with Gasteiger partial charge in [0, 0.05) is 18.3 Å². The summed E-state index contributed by atoms with van der Waals surface area (Å²) in [6.07, 6.45) is -1.27. The van der Waals surface area contributed by atoms with Gasteiger partial charge in [-0.1, -0.05) is 0 Å². The first-order valence-electron chi connectivity index (χ1n) is 3.49. The summed E-state index contributed by atoms with van der Waals surface area (Å²) in [6.45, 7) is 0.0216. The average molecular weight is 299 g/mol. The zero-order valence-corrected chi connectivity index (χ0v) is 8.76. The first-order valence-corrected chi connectivity index (χ1v) is 4.56. The van der Waals surface area contributed by atoms with Gasteiger partial charge in [0.2, 0.25) is 0 Å². The predicted octanol–water partition coefficient (Wildman–Crippen LogP) is 1.66. The monoisotopic (exact) mass is 299 g/mol. The number of nitrogens with zero attached hydrogens (tertiary/aromatic N) is 1. The predicted molar refractivity (Wildman–Crippen MR) is 54.2 cm³/mol. The molecule has 0 spiro atoms. The van der Waals surface area contributed by atoms with Crippen LogP contribution in [-0.2, 0) is 6.54 Å². The van der Waals surface area contributed by atoms with E-state index in [1.807, 2.05) is 0 Å². The second-order valence-corrected chi connectivity index (χ2v) is 3.43. The molecule has 0 aliphatic rings. The normalized spacial score (nSPS) is 10.8. The second-order valence-electron chi connectivity index (χ2n) is 2.41. The van der Waals surface area contributed by atoms with Crippen LogP contribution in [0.15, 0.2) is 6.20 Å². The number of hydrogen-bond donors (Lipinski definition) is 2. The largest absolute Gasteiger partial charge is 0.396 e. The summed E-state index contributed by atoms with van der Waals surface area (Å²) in [6, 6.07) is 0. The number of alkyl halides is 2. The zero-order chi connectivity index (χ0) is 10.0. The highest BCUT2D eigenvalue weighted by atomic mass is 127. The van der Waals surface area contributed by atoms with Crippen LogP contribution in [0.3, 0.4) is 0 Å². The maximum absolute atomic E-state index is 12.5. The summed E-state index contributed by atoms with van der Waals surface area (Å²) in [5.41, 5.74) is 10.9. The molecule has 1 heterocycles. The molecule has 13 heavy (non-hydrogen) atoms. The molecule has 0 atom stereocenters. The van der Waals surface area contributed by atoms with Crippen molar-refractivity contribution in [3.63, 3.8) is 0 Å². The third-order valence-electron chi connectivity index (χ3n) is 1.63. The first-order chi connectivity index (χ1) is 6.07. The van der Waals surface area contributed by atoms with E-state index in [0.29, 0.717) is 9.26 Å². The molecule has 0 radical (unpaired) electrons. The van der Waals surface area contributed by atoms with E-state index in [1.54, 1.807) is 22.6 Å². The number of hydrogen-bond acceptors (Lipinski definition) is 3. The molecule has 6 heteroatoms. The van der Waals surface area contributed by atoms with Crippen LogP contribution in [0.1, 0.15) is 17.6 Å². The topological polar surface area (TPSA) is 64.9 Å². The number of pyridine rings is 1. The van der Waals surface area contributed by atoms with Gasteiger partial charge in [0.15, 0.2) is 0 Å². The van der Waals surface area contributed by atoms with Crippen molar-refractivity contribution < 1.29 is 8.78 Å². The summed E-state index contributed by atoms with van der Waals surface area (Å²) in [5, 5.41) is 0. The van der Waals surface area contributed by atoms with Crippen molar-refractivity contribution in [1.82, 2.24) is 4.98 Å². The maximum Gasteiger partial charge on any atom is 0.266 e. The lowest BCUT2D eigenvalue weighted by Crippen LogP contribution is -2.08. The van der Waals surface area contributed by atoms with Crippen LogP contribution in [0, 0.1) is 3.70 Å². The van der Waals surface area contributed by atoms with Gasteiger partial charge in [0.1, 0.15) is 3.70 Å². The van der Waals surface area contributed by atoms with Gasteiger partial charge < -0.3 is 11.5 Å². The Hall–Kier alpha value is -0.500. The Morgan fingerprint density at radius 1 is 1.54 bits per heavy atom. The van der Waals surface area contributed by atoms with Crippen LogP contribution >= 0.6 is 22.6 Å². The van der Waals surface area contributed by atoms with Crippen molar-refractivity contribution >= 4 is 28.3 Å². The first kappa shape index (κ1) is 10.6. The van der Waals surface area contributed by atoms with E-state index in [0.717, 1.165) is 0 Å². The standard InChI is InChI=1S/C7H8F2IN3/c8-6(9)4-3(1-11)2-13-7(10)5(4)12/h2,6H,1,11-12H2. The number of aromatic nitrogens is 1. The Balaban J connectivity index is 3.32. The molecular weight excluding hydrogens is 291 g/mol. The quantitative estimate of drug-likeness (QED) is 0.645. The average Bonchev–Trinajstić information content (AvgIpc) is 2.08. The highest BCUT2D eigenvalue weighted by Crippen LogP contribution is 2.30. The Labute approximate surface area is 87.7 Å². The van der Waals surface area contributed by atoms with Crippen LogP contribution in [0.2, 0.25) is 0 Å². The number of rotatable bonds is 2. The van der Waals surface area contributed by atoms with Crippen LogP contribution in [0.4, 0.5) is 14.5 Å². The third-order valence-corrected chi connectivity index (χ3v) is 2.49. The van der Waals surface area contributed by atoms with Crippen LogP contribution in [-0.4, -0.2) is 4.98 Å². The van der Waals surface area contributed by atoms with Gasteiger partial charge >= 0.3 is 0 Å². The summed E-state index contributed by atoms with van der Waals surface area (Å²) >= 11 is 1.81. The van der Waals surface area contributed by atoms with Crippen molar-refractivity contribution in [3.05, 3.63) is 21.0 Å². The zero-order valence-electron chi connectivity index (χ0n) is 6.60. The van der Waals surface area contributed by atoms with Crippen molar-refractivity contribution in [2.24, 2.45) is 5.73 Å². The fourth-order valence-electron chi connectivity index (χ4n) is 0.978. The number of nitrogens with two attached hydrogens (primary N) is 2. The fourth-order valence-corrected chi connectivity index (χ4v) is 1.41. The smallest absolute Gasteiger partial charge is 0.266 e. The highest BCUT2D eigenvalue weighted by Gasteiger charge is 2.18. The minimum atomic E-state index is -2.60. The Kier molecular flexibility index (Phi) is 3.37. The van der Waals surface area contributed by atoms with E-state index in [-0.39, 0.29) is 17.8 Å². The molecule has 3 nitrogen and oxygen atoms in total. The summed E-state index contributed by atoms with van der Waals surface area (Å²) in [7, 11) is 0. The maximum atomic E-state index is 12.5. The van der Waals surface area contributed by atoms with Gasteiger partial charge in [-0.05, 0) is 28.2 Å². The summed E-state index contributed by atoms with van der Waals surface area (Å²) in [4.78, 5) is 3.84. The van der Waals surface area contributed by atoms with Gasteiger partial charge in [-0.15, -0.1) is 0 Å². The van der Waals surface area contributed by atoms with E-state index >= 15 is 0 Å². The molecule has 4 N–H and O–H groups in total. The second kappa shape index (κ2) is 4.14. The van der Waals surface area contributed by atoms with E-state index in [9.17, 15) is 8.78 Å². The minimum Gasteiger partial charge on any atom is -0.396 e. The highest BCUT2D eigenvalue weighted by molar-refractivity contribution is 14.1. The number of nitrogen functional groups attached to an aromatic ring is 1. The molecule has 0 aromatic carbocycles. The molecule has 0 unspecified atom stereocenters. The lowest BCUT2D eigenvalue weighted by Gasteiger charge is -2.10. The lowest BCUT2D eigenvalue weighted by molar-refractivity contribution is 0.151. The van der Waals surface area contributed by atoms with Gasteiger partial charge in [0.05, 0.1) is 5.69 Å². The fraction of sp³-hybridized carbons (Fsp3) is 0.286. The van der Waals surface area contributed by atoms with Crippen molar-refractivity contribution in [1.29, 1.82) is 0 Å². The molecule has 1 aromatic heterocycles. The van der Waals surface area contributed by atoms with E-state index in [1.165, 1.54) is 6.20 Å². The molecule has 72 valence electrons.